The van der Waals surface area contributed by atoms with Crippen LogP contribution in [-0.4, -0.2) is 52.8 Å². The van der Waals surface area contributed by atoms with Crippen LogP contribution in [0.1, 0.15) is 35.3 Å². The minimum atomic E-state index is -0.292. The monoisotopic (exact) mass is 430 g/mol. The Morgan fingerprint density at radius 2 is 1.97 bits per heavy atom. The molecule has 2 fully saturated rings. The van der Waals surface area contributed by atoms with Crippen LogP contribution in [-0.2, 0) is 10.3 Å². The van der Waals surface area contributed by atoms with Gasteiger partial charge in [-0.3, -0.25) is 9.78 Å². The first-order chi connectivity index (χ1) is 15.6. The summed E-state index contributed by atoms with van der Waals surface area (Å²) in [6.45, 7) is 2.00. The van der Waals surface area contributed by atoms with Crippen LogP contribution >= 0.6 is 0 Å². The predicted octanol–water partition coefficient (Wildman–Crippen LogP) is 3.60. The molecule has 0 bridgehead atoms. The lowest BCUT2D eigenvalue weighted by Gasteiger charge is -2.41. The molecule has 7 heteroatoms. The van der Waals surface area contributed by atoms with E-state index in [1.54, 1.807) is 31.6 Å². The molecule has 7 nitrogen and oxygen atoms in total. The van der Waals surface area contributed by atoms with E-state index in [1.165, 1.54) is 5.69 Å². The molecular weight excluding hydrogens is 404 g/mol. The molecule has 0 aliphatic carbocycles. The predicted molar refractivity (Wildman–Crippen MR) is 120 cm³/mol. The summed E-state index contributed by atoms with van der Waals surface area (Å²) < 4.78 is 14.3. The number of piperidine rings is 1. The molecule has 3 aliphatic rings. The minimum Gasteiger partial charge on any atom is -0.497 e. The molecule has 3 aromatic rings. The van der Waals surface area contributed by atoms with Gasteiger partial charge in [-0.2, -0.15) is 0 Å². The van der Waals surface area contributed by atoms with E-state index in [1.807, 2.05) is 11.0 Å². The quantitative estimate of drug-likeness (QED) is 0.673. The van der Waals surface area contributed by atoms with E-state index in [9.17, 15) is 4.79 Å². The van der Waals surface area contributed by atoms with Crippen molar-refractivity contribution in [1.29, 1.82) is 0 Å². The third-order valence-corrected chi connectivity index (χ3v) is 7.21. The van der Waals surface area contributed by atoms with Crippen LogP contribution < -0.4 is 10.1 Å². The number of amides is 1. The Kier molecular flexibility index (Phi) is 4.30. The Labute approximate surface area is 187 Å². The SMILES string of the molecule is COc1ccc2c(c1)NC1(COC3(CCN(C(=O)c4ccncc4)CC3)C1)c1cccn1-2. The second-order valence-electron chi connectivity index (χ2n) is 9.03. The van der Waals surface area contributed by atoms with E-state index in [0.29, 0.717) is 25.3 Å². The standard InChI is InChI=1S/C25H26N4O3/c1-31-19-4-5-21-20(15-19)27-25(22-3-2-12-29(21)22)16-24(32-17-25)8-13-28(14-9-24)23(30)18-6-10-26-11-7-18/h2-7,10-12,15,27H,8-9,13-14,16-17H2,1H3. The highest BCUT2D eigenvalue weighted by Crippen LogP contribution is 2.50. The maximum Gasteiger partial charge on any atom is 0.253 e. The molecule has 1 unspecified atom stereocenters. The molecule has 1 atom stereocenters. The Morgan fingerprint density at radius 1 is 1.16 bits per heavy atom. The van der Waals surface area contributed by atoms with Gasteiger partial charge in [0, 0.05) is 49.7 Å². The average molecular weight is 431 g/mol. The Morgan fingerprint density at radius 3 is 2.75 bits per heavy atom. The molecule has 2 aromatic heterocycles. The van der Waals surface area contributed by atoms with Gasteiger partial charge in [0.25, 0.3) is 5.91 Å². The topological polar surface area (TPSA) is 68.6 Å². The molecule has 164 valence electrons. The summed E-state index contributed by atoms with van der Waals surface area (Å²) in [6.07, 6.45) is 7.98. The Balaban J connectivity index is 1.24. The normalized spacial score (nSPS) is 23.0. The maximum atomic E-state index is 12.9. The summed E-state index contributed by atoms with van der Waals surface area (Å²) in [7, 11) is 1.69. The van der Waals surface area contributed by atoms with Gasteiger partial charge in [0.1, 0.15) is 11.3 Å². The minimum absolute atomic E-state index is 0.0700. The second kappa shape index (κ2) is 7.10. The van der Waals surface area contributed by atoms with Gasteiger partial charge in [-0.25, -0.2) is 0 Å². The fourth-order valence-corrected chi connectivity index (χ4v) is 5.54. The van der Waals surface area contributed by atoms with E-state index in [0.717, 1.165) is 36.4 Å². The second-order valence-corrected chi connectivity index (χ2v) is 9.03. The van der Waals surface area contributed by atoms with Gasteiger partial charge in [0.15, 0.2) is 0 Å². The van der Waals surface area contributed by atoms with Crippen LogP contribution in [0.15, 0.2) is 61.1 Å². The number of nitrogens with zero attached hydrogens (tertiary/aromatic N) is 3. The molecule has 2 saturated heterocycles. The molecule has 1 aromatic carbocycles. The van der Waals surface area contributed by atoms with Crippen LogP contribution in [0.25, 0.3) is 5.69 Å². The van der Waals surface area contributed by atoms with Crippen LogP contribution in [0.2, 0.25) is 0 Å². The molecule has 1 N–H and O–H groups in total. The van der Waals surface area contributed by atoms with Gasteiger partial charge in [0.2, 0.25) is 0 Å². The van der Waals surface area contributed by atoms with E-state index in [-0.39, 0.29) is 17.0 Å². The molecular formula is C25H26N4O3. The number of carbonyl (C=O) groups excluding carboxylic acids is 1. The van der Waals surface area contributed by atoms with Crippen LogP contribution in [0, 0.1) is 0 Å². The Bertz CT molecular complexity index is 1170. The number of aromatic nitrogens is 2. The van der Waals surface area contributed by atoms with Crippen molar-refractivity contribution in [3.63, 3.8) is 0 Å². The number of pyridine rings is 1. The summed E-state index contributed by atoms with van der Waals surface area (Å²) in [4.78, 5) is 18.8. The third kappa shape index (κ3) is 2.92. The number of nitrogens with one attached hydrogen (secondary N) is 1. The number of anilines is 1. The molecule has 0 saturated carbocycles. The first kappa shape index (κ1) is 19.4. The number of benzene rings is 1. The molecule has 0 radical (unpaired) electrons. The van der Waals surface area contributed by atoms with Gasteiger partial charge >= 0.3 is 0 Å². The number of methoxy groups -OCH3 is 1. The lowest BCUT2D eigenvalue weighted by molar-refractivity contribution is -0.0392. The lowest BCUT2D eigenvalue weighted by Crippen LogP contribution is -2.48. The summed E-state index contributed by atoms with van der Waals surface area (Å²) in [5, 5.41) is 3.81. The third-order valence-electron chi connectivity index (χ3n) is 7.21. The van der Waals surface area contributed by atoms with Crippen molar-refractivity contribution in [2.45, 2.75) is 30.4 Å². The van der Waals surface area contributed by atoms with Crippen LogP contribution in [0.3, 0.4) is 0 Å². The van der Waals surface area contributed by atoms with Crippen molar-refractivity contribution in [2.75, 3.05) is 32.1 Å². The first-order valence-corrected chi connectivity index (χ1v) is 11.1. The number of carbonyl (C=O) groups is 1. The highest BCUT2D eigenvalue weighted by molar-refractivity contribution is 5.94. The van der Waals surface area contributed by atoms with Gasteiger partial charge in [-0.15, -0.1) is 0 Å². The van der Waals surface area contributed by atoms with E-state index < -0.39 is 0 Å². The van der Waals surface area contributed by atoms with Crippen molar-refractivity contribution >= 4 is 11.6 Å². The highest BCUT2D eigenvalue weighted by Gasteiger charge is 2.54. The van der Waals surface area contributed by atoms with Crippen molar-refractivity contribution in [2.24, 2.45) is 0 Å². The molecule has 32 heavy (non-hydrogen) atoms. The lowest BCUT2D eigenvalue weighted by atomic mass is 9.79. The number of ether oxygens (including phenoxy) is 2. The molecule has 5 heterocycles. The number of fused-ring (bicyclic) bond motifs is 4. The molecule has 1 amide bonds. The number of hydrogen-bond acceptors (Lipinski definition) is 5. The van der Waals surface area contributed by atoms with Gasteiger partial charge in [-0.05, 0) is 49.2 Å². The fourth-order valence-electron chi connectivity index (χ4n) is 5.54. The smallest absolute Gasteiger partial charge is 0.253 e. The van der Waals surface area contributed by atoms with Gasteiger partial charge < -0.3 is 24.3 Å². The Hall–Kier alpha value is -3.32. The summed E-state index contributed by atoms with van der Waals surface area (Å²) in [6, 6.07) is 14.0. The largest absolute Gasteiger partial charge is 0.497 e. The van der Waals surface area contributed by atoms with E-state index >= 15 is 0 Å². The van der Waals surface area contributed by atoms with Crippen LogP contribution in [0.5, 0.6) is 5.75 Å². The van der Waals surface area contributed by atoms with Crippen molar-refractivity contribution in [1.82, 2.24) is 14.5 Å². The van der Waals surface area contributed by atoms with Crippen LogP contribution in [0.4, 0.5) is 5.69 Å². The molecule has 6 rings (SSSR count). The maximum absolute atomic E-state index is 12.9. The zero-order valence-corrected chi connectivity index (χ0v) is 18.1. The van der Waals surface area contributed by atoms with Gasteiger partial charge in [0.05, 0.1) is 36.4 Å². The fraction of sp³-hybridized carbons (Fsp3) is 0.360. The van der Waals surface area contributed by atoms with E-state index in [2.05, 4.69) is 45.3 Å². The van der Waals surface area contributed by atoms with Crippen molar-refractivity contribution in [3.05, 3.63) is 72.3 Å². The number of hydrogen-bond donors (Lipinski definition) is 1. The zero-order valence-electron chi connectivity index (χ0n) is 18.1. The molecule has 2 spiro atoms. The summed E-state index contributed by atoms with van der Waals surface area (Å²) in [5.41, 5.74) is 3.57. The summed E-state index contributed by atoms with van der Waals surface area (Å²) in [5.74, 6) is 0.902. The van der Waals surface area contributed by atoms with Gasteiger partial charge in [-0.1, -0.05) is 0 Å². The highest BCUT2D eigenvalue weighted by atomic mass is 16.5. The number of likely N-dealkylation sites (tertiary alicyclic amines) is 1. The first-order valence-electron chi connectivity index (χ1n) is 11.1. The average Bonchev–Trinajstić information content (AvgIpc) is 3.46. The van der Waals surface area contributed by atoms with Crippen molar-refractivity contribution in [3.8, 4) is 11.4 Å². The van der Waals surface area contributed by atoms with Crippen molar-refractivity contribution < 1.29 is 14.3 Å². The number of rotatable bonds is 2. The zero-order chi connectivity index (χ0) is 21.8. The molecule has 3 aliphatic heterocycles. The van der Waals surface area contributed by atoms with E-state index in [4.69, 9.17) is 9.47 Å². The summed E-state index contributed by atoms with van der Waals surface area (Å²) >= 11 is 0.